The zero-order valence-electron chi connectivity index (χ0n) is 10.2. The second kappa shape index (κ2) is 5.24. The van der Waals surface area contributed by atoms with Crippen LogP contribution in [-0.4, -0.2) is 36.3 Å². The van der Waals surface area contributed by atoms with E-state index in [1.54, 1.807) is 6.07 Å². The Hall–Kier alpha value is -1.79. The second-order valence-electron chi connectivity index (χ2n) is 4.31. The van der Waals surface area contributed by atoms with Crippen molar-refractivity contribution in [3.8, 4) is 0 Å². The monoisotopic (exact) mass is 251 g/mol. The highest BCUT2D eigenvalue weighted by molar-refractivity contribution is 5.77. The molecule has 2 aromatic rings. The molecule has 0 saturated heterocycles. The smallest absolute Gasteiger partial charge is 0.408 e. The van der Waals surface area contributed by atoms with Crippen LogP contribution in [0.15, 0.2) is 27.4 Å². The summed E-state index contributed by atoms with van der Waals surface area (Å²) in [7, 11) is 1.87. The van der Waals surface area contributed by atoms with Crippen molar-refractivity contribution in [3.05, 3.63) is 28.7 Å². The zero-order valence-corrected chi connectivity index (χ0v) is 10.2. The van der Waals surface area contributed by atoms with Gasteiger partial charge in [0.2, 0.25) is 0 Å². The first kappa shape index (κ1) is 12.7. The van der Waals surface area contributed by atoms with Gasteiger partial charge in [-0.2, -0.15) is 0 Å². The number of nitrogens with one attached hydrogen (secondary N) is 1. The Bertz CT molecular complexity index is 575. The molecule has 4 N–H and O–H groups in total. The molecule has 98 valence electrons. The molecule has 0 fully saturated rings. The van der Waals surface area contributed by atoms with Gasteiger partial charge in [-0.25, -0.2) is 4.79 Å². The van der Waals surface area contributed by atoms with Gasteiger partial charge in [-0.3, -0.25) is 4.98 Å². The molecule has 0 radical (unpaired) electrons. The first-order valence-electron chi connectivity index (χ1n) is 5.82. The fraction of sp³-hybridized carbons (Fsp3) is 0.417. The summed E-state index contributed by atoms with van der Waals surface area (Å²) < 4.78 is 4.93. The van der Waals surface area contributed by atoms with Gasteiger partial charge in [0.15, 0.2) is 5.58 Å². The lowest BCUT2D eigenvalue weighted by Gasteiger charge is -2.22. The van der Waals surface area contributed by atoms with Crippen molar-refractivity contribution in [1.29, 1.82) is 0 Å². The van der Waals surface area contributed by atoms with Crippen molar-refractivity contribution < 1.29 is 9.52 Å². The van der Waals surface area contributed by atoms with E-state index in [-0.39, 0.29) is 0 Å². The minimum atomic E-state index is -0.465. The number of aliphatic hydroxyl groups is 1. The van der Waals surface area contributed by atoms with E-state index < -0.39 is 11.9 Å². The van der Waals surface area contributed by atoms with Crippen LogP contribution in [0.3, 0.4) is 0 Å². The Morgan fingerprint density at radius 2 is 2.33 bits per heavy atom. The van der Waals surface area contributed by atoms with Crippen LogP contribution < -0.4 is 16.4 Å². The molecule has 6 nitrogen and oxygen atoms in total. The van der Waals surface area contributed by atoms with Crippen molar-refractivity contribution in [2.75, 3.05) is 25.0 Å². The van der Waals surface area contributed by atoms with Gasteiger partial charge in [0.25, 0.3) is 0 Å². The predicted octanol–water partition coefficient (Wildman–Crippen LogP) is 0.267. The minimum absolute atomic E-state index is 0.459. The van der Waals surface area contributed by atoms with Crippen molar-refractivity contribution in [2.45, 2.75) is 12.5 Å². The summed E-state index contributed by atoms with van der Waals surface area (Å²) >= 11 is 0. The predicted molar refractivity (Wildman–Crippen MR) is 69.8 cm³/mol. The highest BCUT2D eigenvalue weighted by atomic mass is 16.4. The molecule has 1 heterocycles. The van der Waals surface area contributed by atoms with Crippen molar-refractivity contribution in [3.63, 3.8) is 0 Å². The highest BCUT2D eigenvalue weighted by Crippen LogP contribution is 2.19. The van der Waals surface area contributed by atoms with Crippen molar-refractivity contribution >= 4 is 16.8 Å². The average Bonchev–Trinajstić information content (AvgIpc) is 2.68. The van der Waals surface area contributed by atoms with Gasteiger partial charge in [0.1, 0.15) is 0 Å². The van der Waals surface area contributed by atoms with Gasteiger partial charge in [-0.1, -0.05) is 0 Å². The Kier molecular flexibility index (Phi) is 3.69. The van der Waals surface area contributed by atoms with E-state index in [1.807, 2.05) is 24.1 Å². The van der Waals surface area contributed by atoms with Crippen LogP contribution in [-0.2, 0) is 0 Å². The lowest BCUT2D eigenvalue weighted by atomic mass is 10.2. The molecule has 0 saturated carbocycles. The van der Waals surface area contributed by atoms with Gasteiger partial charge in [0, 0.05) is 19.3 Å². The molecule has 0 bridgehead atoms. The zero-order chi connectivity index (χ0) is 13.1. The first-order valence-corrected chi connectivity index (χ1v) is 5.82. The molecular formula is C12H17N3O3. The number of rotatable bonds is 5. The molecule has 18 heavy (non-hydrogen) atoms. The van der Waals surface area contributed by atoms with Gasteiger partial charge in [-0.15, -0.1) is 0 Å². The van der Waals surface area contributed by atoms with Crippen LogP contribution in [0.5, 0.6) is 0 Å². The van der Waals surface area contributed by atoms with E-state index in [0.29, 0.717) is 30.6 Å². The lowest BCUT2D eigenvalue weighted by molar-refractivity contribution is 0.174. The summed E-state index contributed by atoms with van der Waals surface area (Å²) in [5, 5.41) is 9.70. The summed E-state index contributed by atoms with van der Waals surface area (Å²) in [5.74, 6) is -0.465. The number of H-pyrrole nitrogens is 1. The van der Waals surface area contributed by atoms with Crippen molar-refractivity contribution in [2.24, 2.45) is 5.73 Å². The summed E-state index contributed by atoms with van der Waals surface area (Å²) in [6.45, 7) is 0.952. The summed E-state index contributed by atoms with van der Waals surface area (Å²) in [6.07, 6.45) is 0.105. The first-order chi connectivity index (χ1) is 8.60. The fourth-order valence-electron chi connectivity index (χ4n) is 1.88. The maximum Gasteiger partial charge on any atom is 0.417 e. The Morgan fingerprint density at radius 3 is 3.06 bits per heavy atom. The van der Waals surface area contributed by atoms with Crippen molar-refractivity contribution in [1.82, 2.24) is 4.98 Å². The molecule has 0 aliphatic rings. The normalized spacial score (nSPS) is 12.8. The number of nitrogens with zero attached hydrogens (tertiary/aromatic N) is 1. The number of nitrogens with two attached hydrogens (primary N) is 1. The van der Waals surface area contributed by atoms with E-state index in [9.17, 15) is 9.90 Å². The number of likely N-dealkylation sites (N-methyl/N-ethyl adjacent to an activating group) is 1. The average molecular weight is 251 g/mol. The molecule has 2 rings (SSSR count). The molecule has 6 heteroatoms. The molecule has 0 aliphatic carbocycles. The fourth-order valence-corrected chi connectivity index (χ4v) is 1.88. The van der Waals surface area contributed by atoms with E-state index >= 15 is 0 Å². The summed E-state index contributed by atoms with van der Waals surface area (Å²) in [4.78, 5) is 15.6. The van der Waals surface area contributed by atoms with E-state index in [1.165, 1.54) is 0 Å². The van der Waals surface area contributed by atoms with E-state index in [2.05, 4.69) is 4.98 Å². The standard InChI is InChI=1S/C12H17N3O3/c1-15(7-9(16)4-5-13)8-2-3-11-10(6-8)14-12(17)18-11/h2-3,6,9,16H,4-5,7,13H2,1H3,(H,14,17). The van der Waals surface area contributed by atoms with Gasteiger partial charge in [0.05, 0.1) is 11.6 Å². The van der Waals surface area contributed by atoms with Crippen LogP contribution >= 0.6 is 0 Å². The molecular weight excluding hydrogens is 234 g/mol. The van der Waals surface area contributed by atoms with Crippen LogP contribution in [0.25, 0.3) is 11.1 Å². The number of hydrogen-bond acceptors (Lipinski definition) is 5. The minimum Gasteiger partial charge on any atom is -0.408 e. The Balaban J connectivity index is 2.17. The number of anilines is 1. The lowest BCUT2D eigenvalue weighted by Crippen LogP contribution is -2.30. The van der Waals surface area contributed by atoms with Crippen LogP contribution in [0.4, 0.5) is 5.69 Å². The van der Waals surface area contributed by atoms with Gasteiger partial charge >= 0.3 is 5.76 Å². The number of aromatic amines is 1. The second-order valence-corrected chi connectivity index (χ2v) is 4.31. The third kappa shape index (κ3) is 2.72. The third-order valence-corrected chi connectivity index (χ3v) is 2.83. The van der Waals surface area contributed by atoms with E-state index in [4.69, 9.17) is 10.2 Å². The molecule has 1 aromatic carbocycles. The summed E-state index contributed by atoms with van der Waals surface area (Å²) in [6, 6.07) is 5.39. The number of oxazole rings is 1. The van der Waals surface area contributed by atoms with E-state index in [0.717, 1.165) is 5.69 Å². The molecule has 1 unspecified atom stereocenters. The Morgan fingerprint density at radius 1 is 1.56 bits per heavy atom. The van der Waals surface area contributed by atoms with Crippen LogP contribution in [0.1, 0.15) is 6.42 Å². The quantitative estimate of drug-likeness (QED) is 0.708. The summed E-state index contributed by atoms with van der Waals surface area (Å²) in [5.41, 5.74) is 7.47. The largest absolute Gasteiger partial charge is 0.417 e. The number of aromatic nitrogens is 1. The molecule has 1 aromatic heterocycles. The molecule has 0 spiro atoms. The highest BCUT2D eigenvalue weighted by Gasteiger charge is 2.09. The third-order valence-electron chi connectivity index (χ3n) is 2.83. The number of benzene rings is 1. The number of aliphatic hydroxyl groups excluding tert-OH is 1. The maximum atomic E-state index is 11.0. The maximum absolute atomic E-state index is 11.0. The number of hydrogen-bond donors (Lipinski definition) is 3. The van der Waals surface area contributed by atoms with Crippen LogP contribution in [0, 0.1) is 0 Å². The van der Waals surface area contributed by atoms with Gasteiger partial charge < -0.3 is 20.2 Å². The molecule has 1 atom stereocenters. The SMILES string of the molecule is CN(CC(O)CCN)c1ccc2oc(=O)[nH]c2c1. The molecule has 0 amide bonds. The topological polar surface area (TPSA) is 95.5 Å². The van der Waals surface area contributed by atoms with Gasteiger partial charge in [-0.05, 0) is 31.2 Å². The molecule has 0 aliphatic heterocycles. The Labute approximate surface area is 104 Å². The number of fused-ring (bicyclic) bond motifs is 1. The van der Waals surface area contributed by atoms with Crippen LogP contribution in [0.2, 0.25) is 0 Å².